The summed E-state index contributed by atoms with van der Waals surface area (Å²) >= 11 is 0. The summed E-state index contributed by atoms with van der Waals surface area (Å²) in [7, 11) is 0. The number of rotatable bonds is 1. The van der Waals surface area contributed by atoms with Gasteiger partial charge in [0.2, 0.25) is 0 Å². The maximum Gasteiger partial charge on any atom is 0.0470 e. The molecule has 0 aromatic heterocycles. The quantitative estimate of drug-likeness (QED) is 0.633. The van der Waals surface area contributed by atoms with E-state index in [1.807, 2.05) is 0 Å². The van der Waals surface area contributed by atoms with Crippen LogP contribution in [-0.4, -0.2) is 0 Å². The minimum atomic E-state index is 0.121. The van der Waals surface area contributed by atoms with E-state index >= 15 is 0 Å². The summed E-state index contributed by atoms with van der Waals surface area (Å²) in [5.74, 6) is 0. The van der Waals surface area contributed by atoms with Crippen molar-refractivity contribution in [2.24, 2.45) is 5.41 Å². The number of hydrogen-bond donors (Lipinski definition) is 1. The fourth-order valence-corrected chi connectivity index (χ4v) is 4.82. The zero-order chi connectivity index (χ0) is 17.3. The van der Waals surface area contributed by atoms with Gasteiger partial charge in [0.1, 0.15) is 0 Å². The van der Waals surface area contributed by atoms with Crippen LogP contribution in [0.3, 0.4) is 0 Å². The molecule has 0 saturated heterocycles. The molecule has 0 unspecified atom stereocenters. The largest absolute Gasteiger partial charge is 0.355 e. The van der Waals surface area contributed by atoms with E-state index in [2.05, 4.69) is 81.6 Å². The molecule has 1 N–H and O–H groups in total. The summed E-state index contributed by atoms with van der Waals surface area (Å²) < 4.78 is 0. The van der Waals surface area contributed by atoms with E-state index in [9.17, 15) is 0 Å². The van der Waals surface area contributed by atoms with Gasteiger partial charge in [-0.1, -0.05) is 50.3 Å². The van der Waals surface area contributed by atoms with Gasteiger partial charge in [-0.3, -0.25) is 0 Å². The molecule has 0 spiro atoms. The van der Waals surface area contributed by atoms with E-state index in [0.717, 1.165) is 6.42 Å². The Morgan fingerprint density at radius 3 is 2.64 bits per heavy atom. The van der Waals surface area contributed by atoms with Gasteiger partial charge in [-0.05, 0) is 71.2 Å². The van der Waals surface area contributed by atoms with Gasteiger partial charge in [-0.15, -0.1) is 0 Å². The number of hydrogen-bond acceptors (Lipinski definition) is 1. The van der Waals surface area contributed by atoms with Crippen LogP contribution >= 0.6 is 0 Å². The number of benzene rings is 2. The monoisotopic (exact) mass is 325 g/mol. The van der Waals surface area contributed by atoms with Gasteiger partial charge in [0.25, 0.3) is 0 Å². The van der Waals surface area contributed by atoms with Crippen molar-refractivity contribution in [1.29, 1.82) is 0 Å². The van der Waals surface area contributed by atoms with Gasteiger partial charge in [0, 0.05) is 22.2 Å². The first-order valence-electron chi connectivity index (χ1n) is 9.14. The third-order valence-electron chi connectivity index (χ3n) is 5.97. The highest BCUT2D eigenvalue weighted by Gasteiger charge is 2.34. The molecule has 2 aliphatic carbocycles. The molecule has 5 rings (SSSR count). The van der Waals surface area contributed by atoms with Gasteiger partial charge in [-0.25, -0.2) is 0 Å². The maximum atomic E-state index is 3.66. The lowest BCUT2D eigenvalue weighted by Gasteiger charge is -2.31. The van der Waals surface area contributed by atoms with E-state index in [0.29, 0.717) is 0 Å². The smallest absolute Gasteiger partial charge is 0.0470 e. The lowest BCUT2D eigenvalue weighted by atomic mass is 9.74. The van der Waals surface area contributed by atoms with Gasteiger partial charge in [0.05, 0.1) is 0 Å². The molecule has 1 heteroatoms. The topological polar surface area (TPSA) is 12.0 Å². The van der Waals surface area contributed by atoms with E-state index in [1.54, 1.807) is 0 Å². The van der Waals surface area contributed by atoms with Crippen LogP contribution in [0.4, 0.5) is 5.69 Å². The summed E-state index contributed by atoms with van der Waals surface area (Å²) in [5.41, 5.74) is 11.2. The normalized spacial score (nSPS) is 19.8. The third kappa shape index (κ3) is 1.84. The van der Waals surface area contributed by atoms with Crippen LogP contribution in [0.5, 0.6) is 0 Å². The maximum absolute atomic E-state index is 3.66. The SMILES string of the molecule is C/C=C\C1=C(C)c2ccc3c4c(ccc(c24)N1)C1=C(C=CC1(C)C)C3. The summed E-state index contributed by atoms with van der Waals surface area (Å²) in [6, 6.07) is 9.26. The Bertz CT molecular complexity index is 1070. The molecule has 0 atom stereocenters. The number of fused-ring (bicyclic) bond motifs is 1. The van der Waals surface area contributed by atoms with Gasteiger partial charge in [-0.2, -0.15) is 0 Å². The predicted molar refractivity (Wildman–Crippen MR) is 109 cm³/mol. The van der Waals surface area contributed by atoms with E-state index in [-0.39, 0.29) is 5.41 Å². The highest BCUT2D eigenvalue weighted by atomic mass is 14.9. The molecule has 25 heavy (non-hydrogen) atoms. The van der Waals surface area contributed by atoms with Crippen LogP contribution < -0.4 is 5.32 Å². The first kappa shape index (κ1) is 14.8. The first-order valence-corrected chi connectivity index (χ1v) is 9.14. The summed E-state index contributed by atoms with van der Waals surface area (Å²) in [6.45, 7) is 8.96. The third-order valence-corrected chi connectivity index (χ3v) is 5.97. The fourth-order valence-electron chi connectivity index (χ4n) is 4.82. The zero-order valence-corrected chi connectivity index (χ0v) is 15.3. The molecule has 1 aliphatic heterocycles. The van der Waals surface area contributed by atoms with Crippen molar-refractivity contribution in [2.75, 3.05) is 5.32 Å². The Hall–Kier alpha value is -2.54. The van der Waals surface area contributed by atoms with Gasteiger partial charge >= 0.3 is 0 Å². The van der Waals surface area contributed by atoms with Crippen molar-refractivity contribution in [2.45, 2.75) is 34.1 Å². The summed E-state index contributed by atoms with van der Waals surface area (Å²) in [6.07, 6.45) is 10.0. The van der Waals surface area contributed by atoms with Gasteiger partial charge in [0.15, 0.2) is 0 Å². The number of nitrogens with one attached hydrogen (secondary N) is 1. The van der Waals surface area contributed by atoms with Crippen molar-refractivity contribution in [3.8, 4) is 0 Å². The zero-order valence-electron chi connectivity index (χ0n) is 15.3. The Labute approximate surface area is 149 Å². The summed E-state index contributed by atoms with van der Waals surface area (Å²) in [5, 5.41) is 6.51. The molecule has 1 heterocycles. The lowest BCUT2D eigenvalue weighted by Crippen LogP contribution is -2.15. The standard InChI is InChI=1S/C24H23N/c1-5-6-19-14(2)17-8-7-15-13-16-11-12-24(3,4)23(16)18-9-10-20(25-19)22(17)21(15)18/h5-12,25H,13H2,1-4H3/b6-5-. The van der Waals surface area contributed by atoms with E-state index in [4.69, 9.17) is 0 Å². The van der Waals surface area contributed by atoms with Crippen LogP contribution in [0.25, 0.3) is 21.9 Å². The minimum absolute atomic E-state index is 0.121. The number of allylic oxidation sites excluding steroid dienone is 7. The molecule has 0 bridgehead atoms. The molecule has 3 aliphatic rings. The second-order valence-corrected chi connectivity index (χ2v) is 7.98. The second-order valence-electron chi connectivity index (χ2n) is 7.98. The van der Waals surface area contributed by atoms with Crippen LogP contribution in [0.15, 0.2) is 59.8 Å². The van der Waals surface area contributed by atoms with Crippen molar-refractivity contribution in [1.82, 2.24) is 0 Å². The van der Waals surface area contributed by atoms with Crippen molar-refractivity contribution in [3.05, 3.63) is 76.5 Å². The Morgan fingerprint density at radius 2 is 1.84 bits per heavy atom. The molecular weight excluding hydrogens is 302 g/mol. The van der Waals surface area contributed by atoms with Crippen LogP contribution in [-0.2, 0) is 6.42 Å². The van der Waals surface area contributed by atoms with Crippen molar-refractivity contribution >= 4 is 27.6 Å². The molecule has 124 valence electrons. The van der Waals surface area contributed by atoms with Crippen molar-refractivity contribution in [3.63, 3.8) is 0 Å². The summed E-state index contributed by atoms with van der Waals surface area (Å²) in [4.78, 5) is 0. The van der Waals surface area contributed by atoms with E-state index in [1.165, 1.54) is 55.6 Å². The minimum Gasteiger partial charge on any atom is -0.355 e. The average molecular weight is 325 g/mol. The van der Waals surface area contributed by atoms with Crippen LogP contribution in [0.2, 0.25) is 0 Å². The van der Waals surface area contributed by atoms with Gasteiger partial charge < -0.3 is 5.32 Å². The molecule has 2 aromatic rings. The van der Waals surface area contributed by atoms with Crippen LogP contribution in [0, 0.1) is 5.41 Å². The molecule has 0 amide bonds. The fraction of sp³-hybridized carbons (Fsp3) is 0.250. The molecular formula is C24H23N. The molecule has 0 saturated carbocycles. The molecule has 2 aromatic carbocycles. The highest BCUT2D eigenvalue weighted by molar-refractivity contribution is 6.13. The van der Waals surface area contributed by atoms with Crippen molar-refractivity contribution < 1.29 is 0 Å². The Morgan fingerprint density at radius 1 is 1.04 bits per heavy atom. The lowest BCUT2D eigenvalue weighted by molar-refractivity contribution is 0.657. The predicted octanol–water partition coefficient (Wildman–Crippen LogP) is 6.48. The molecule has 1 nitrogen and oxygen atoms in total. The highest BCUT2D eigenvalue weighted by Crippen LogP contribution is 2.52. The second kappa shape index (κ2) is 4.76. The molecule has 0 fully saturated rings. The molecule has 0 radical (unpaired) electrons. The number of anilines is 1. The average Bonchev–Trinajstić information content (AvgIpc) is 2.90. The first-order chi connectivity index (χ1) is 12.0. The van der Waals surface area contributed by atoms with Crippen LogP contribution in [0.1, 0.15) is 44.4 Å². The Kier molecular flexibility index (Phi) is 2.81. The van der Waals surface area contributed by atoms with E-state index < -0.39 is 0 Å². The Balaban J connectivity index is 1.87.